The minimum Gasteiger partial charge on any atom is -0.490 e. The molecule has 0 unspecified atom stereocenters. The third kappa shape index (κ3) is 5.62. The van der Waals surface area contributed by atoms with Crippen LogP contribution in [0.25, 0.3) is 0 Å². The average molecular weight is 306 g/mol. The molecular formula is C19H34N2O. The Kier molecular flexibility index (Phi) is 9.17. The smallest absolute Gasteiger partial charge is 0.119 e. The molecular weight excluding hydrogens is 272 g/mol. The average Bonchev–Trinajstić information content (AvgIpc) is 2.52. The number of nitrogens with zero attached hydrogens (tertiary/aromatic N) is 1. The van der Waals surface area contributed by atoms with Crippen LogP contribution < -0.4 is 10.1 Å². The molecule has 0 bridgehead atoms. The minimum atomic E-state index is 0.399. The molecule has 1 aromatic carbocycles. The lowest BCUT2D eigenvalue weighted by atomic mass is 10.0. The largest absolute Gasteiger partial charge is 0.490 e. The summed E-state index contributed by atoms with van der Waals surface area (Å²) >= 11 is 0. The molecule has 22 heavy (non-hydrogen) atoms. The van der Waals surface area contributed by atoms with E-state index in [2.05, 4.69) is 41.4 Å². The maximum absolute atomic E-state index is 6.07. The van der Waals surface area contributed by atoms with Gasteiger partial charge >= 0.3 is 0 Å². The third-order valence-electron chi connectivity index (χ3n) is 4.05. The lowest BCUT2D eigenvalue weighted by molar-refractivity contribution is 0.0582. The molecule has 1 N–H and O–H groups in total. The highest BCUT2D eigenvalue weighted by atomic mass is 16.5. The van der Waals surface area contributed by atoms with Crippen molar-refractivity contribution in [1.29, 1.82) is 0 Å². The van der Waals surface area contributed by atoms with Crippen LogP contribution in [0.1, 0.15) is 46.1 Å². The van der Waals surface area contributed by atoms with Crippen molar-refractivity contribution in [2.24, 2.45) is 0 Å². The Morgan fingerprint density at radius 3 is 2.18 bits per heavy atom. The van der Waals surface area contributed by atoms with E-state index in [0.717, 1.165) is 24.6 Å². The van der Waals surface area contributed by atoms with Crippen LogP contribution in [-0.4, -0.2) is 43.2 Å². The van der Waals surface area contributed by atoms with E-state index in [-0.39, 0.29) is 0 Å². The van der Waals surface area contributed by atoms with Gasteiger partial charge in [0.2, 0.25) is 0 Å². The van der Waals surface area contributed by atoms with Gasteiger partial charge in [-0.15, -0.1) is 0 Å². The summed E-state index contributed by atoms with van der Waals surface area (Å²) in [6, 6.07) is 9.15. The zero-order valence-corrected chi connectivity index (χ0v) is 15.1. The van der Waals surface area contributed by atoms with Gasteiger partial charge in [0, 0.05) is 32.2 Å². The molecule has 0 aromatic heterocycles. The number of hydrogen-bond acceptors (Lipinski definition) is 3. The predicted octanol–water partition coefficient (Wildman–Crippen LogP) is 3.86. The monoisotopic (exact) mass is 306 g/mol. The molecule has 2 saturated heterocycles. The number of nitrogens with one attached hydrogen (secondary N) is 1. The quantitative estimate of drug-likeness (QED) is 0.917. The molecule has 3 rings (SSSR count). The summed E-state index contributed by atoms with van der Waals surface area (Å²) in [4.78, 5) is 2.60. The Morgan fingerprint density at radius 2 is 1.68 bits per heavy atom. The summed E-state index contributed by atoms with van der Waals surface area (Å²) in [6.45, 7) is 14.8. The number of rotatable bonds is 3. The first kappa shape index (κ1) is 19.0. The van der Waals surface area contributed by atoms with E-state index in [9.17, 15) is 0 Å². The van der Waals surface area contributed by atoms with Crippen LogP contribution in [0.4, 0.5) is 0 Å². The van der Waals surface area contributed by atoms with Crippen molar-refractivity contribution in [3.63, 3.8) is 0 Å². The van der Waals surface area contributed by atoms with E-state index in [4.69, 9.17) is 4.74 Å². The Hall–Kier alpha value is -1.06. The Labute approximate surface area is 137 Å². The van der Waals surface area contributed by atoms with E-state index in [0.29, 0.717) is 6.10 Å². The zero-order valence-electron chi connectivity index (χ0n) is 15.1. The molecule has 0 atom stereocenters. The molecule has 0 spiro atoms. The summed E-state index contributed by atoms with van der Waals surface area (Å²) in [7, 11) is 0. The highest BCUT2D eigenvalue weighted by Gasteiger charge is 2.29. The standard InChI is InChI=1S/C15H22N2O.2C2H6/c1-12-3-2-4-15(9-12)18-14-5-7-17(8-6-14)13-10-16-11-13;2*1-2/h2-4,9,13-14,16H,5-8,10-11H2,1H3;2*1-2H3. The molecule has 2 aliphatic heterocycles. The van der Waals surface area contributed by atoms with Gasteiger partial charge in [0.1, 0.15) is 11.9 Å². The summed E-state index contributed by atoms with van der Waals surface area (Å²) in [6.07, 6.45) is 2.71. The molecule has 0 amide bonds. The van der Waals surface area contributed by atoms with Gasteiger partial charge in [0.05, 0.1) is 0 Å². The van der Waals surface area contributed by atoms with Crippen LogP contribution in [0.5, 0.6) is 5.75 Å². The Morgan fingerprint density at radius 1 is 1.05 bits per heavy atom. The molecule has 2 heterocycles. The topological polar surface area (TPSA) is 24.5 Å². The number of ether oxygens (including phenoxy) is 1. The number of likely N-dealkylation sites (tertiary alicyclic amines) is 1. The second-order valence-electron chi connectivity index (χ2n) is 5.48. The van der Waals surface area contributed by atoms with Crippen LogP contribution in [0, 0.1) is 6.92 Å². The maximum atomic E-state index is 6.07. The van der Waals surface area contributed by atoms with E-state index in [1.54, 1.807) is 0 Å². The van der Waals surface area contributed by atoms with Crippen molar-refractivity contribution >= 4 is 0 Å². The summed E-state index contributed by atoms with van der Waals surface area (Å²) in [5.41, 5.74) is 1.27. The Balaban J connectivity index is 0.000000561. The molecule has 2 fully saturated rings. The van der Waals surface area contributed by atoms with Gasteiger partial charge in [-0.25, -0.2) is 0 Å². The van der Waals surface area contributed by atoms with Gasteiger partial charge in [-0.3, -0.25) is 4.90 Å². The lowest BCUT2D eigenvalue weighted by Crippen LogP contribution is -2.59. The van der Waals surface area contributed by atoms with Crippen LogP contribution >= 0.6 is 0 Å². The second-order valence-corrected chi connectivity index (χ2v) is 5.48. The number of piperidine rings is 1. The van der Waals surface area contributed by atoms with Crippen LogP contribution in [0.3, 0.4) is 0 Å². The normalized spacial score (nSPS) is 19.1. The predicted molar refractivity (Wildman–Crippen MR) is 95.8 cm³/mol. The van der Waals surface area contributed by atoms with Gasteiger partial charge in [0.25, 0.3) is 0 Å². The van der Waals surface area contributed by atoms with Gasteiger partial charge in [-0.1, -0.05) is 39.8 Å². The molecule has 126 valence electrons. The van der Waals surface area contributed by atoms with Crippen LogP contribution in [-0.2, 0) is 0 Å². The zero-order chi connectivity index (χ0) is 16.4. The van der Waals surface area contributed by atoms with E-state index in [1.165, 1.54) is 31.7 Å². The summed E-state index contributed by atoms with van der Waals surface area (Å²) in [5.74, 6) is 1.03. The van der Waals surface area contributed by atoms with Crippen molar-refractivity contribution in [2.45, 2.75) is 59.6 Å². The molecule has 3 heteroatoms. The van der Waals surface area contributed by atoms with E-state index in [1.807, 2.05) is 27.7 Å². The number of hydrogen-bond donors (Lipinski definition) is 1. The van der Waals surface area contributed by atoms with Gasteiger partial charge < -0.3 is 10.1 Å². The van der Waals surface area contributed by atoms with Crippen molar-refractivity contribution in [2.75, 3.05) is 26.2 Å². The van der Waals surface area contributed by atoms with Crippen molar-refractivity contribution in [1.82, 2.24) is 10.2 Å². The lowest BCUT2D eigenvalue weighted by Gasteiger charge is -2.42. The van der Waals surface area contributed by atoms with Gasteiger partial charge in [0.15, 0.2) is 0 Å². The van der Waals surface area contributed by atoms with Crippen LogP contribution in [0.15, 0.2) is 24.3 Å². The van der Waals surface area contributed by atoms with Crippen molar-refractivity contribution < 1.29 is 4.74 Å². The molecule has 1 aromatic rings. The van der Waals surface area contributed by atoms with Crippen molar-refractivity contribution in [3.05, 3.63) is 29.8 Å². The number of benzene rings is 1. The Bertz CT molecular complexity index is 396. The second kappa shape index (κ2) is 10.6. The van der Waals surface area contributed by atoms with Gasteiger partial charge in [-0.05, 0) is 37.5 Å². The highest BCUT2D eigenvalue weighted by Crippen LogP contribution is 2.21. The van der Waals surface area contributed by atoms with Crippen molar-refractivity contribution in [3.8, 4) is 5.75 Å². The first-order chi connectivity index (χ1) is 10.8. The minimum absolute atomic E-state index is 0.399. The first-order valence-corrected chi connectivity index (χ1v) is 8.99. The van der Waals surface area contributed by atoms with E-state index >= 15 is 0 Å². The van der Waals surface area contributed by atoms with Gasteiger partial charge in [-0.2, -0.15) is 0 Å². The first-order valence-electron chi connectivity index (χ1n) is 8.99. The molecule has 3 nitrogen and oxygen atoms in total. The SMILES string of the molecule is CC.CC.Cc1cccc(OC2CCN(C3CNC3)CC2)c1. The number of aryl methyl sites for hydroxylation is 1. The molecule has 0 saturated carbocycles. The third-order valence-corrected chi connectivity index (χ3v) is 4.05. The summed E-state index contributed by atoms with van der Waals surface area (Å²) in [5, 5.41) is 3.34. The highest BCUT2D eigenvalue weighted by molar-refractivity contribution is 5.27. The fraction of sp³-hybridized carbons (Fsp3) is 0.684. The fourth-order valence-electron chi connectivity index (χ4n) is 2.77. The molecule has 2 aliphatic rings. The molecule has 0 aliphatic carbocycles. The van der Waals surface area contributed by atoms with Crippen LogP contribution in [0.2, 0.25) is 0 Å². The van der Waals surface area contributed by atoms with E-state index < -0.39 is 0 Å². The fourth-order valence-corrected chi connectivity index (χ4v) is 2.77. The molecule has 0 radical (unpaired) electrons. The maximum Gasteiger partial charge on any atom is 0.119 e. The summed E-state index contributed by atoms with van der Waals surface area (Å²) < 4.78 is 6.07.